The Labute approximate surface area is 170 Å². The van der Waals surface area contributed by atoms with Gasteiger partial charge in [0.15, 0.2) is 22.6 Å². The Balaban J connectivity index is 1.82. The number of rotatable bonds is 6. The van der Waals surface area contributed by atoms with Crippen molar-refractivity contribution in [2.24, 2.45) is 0 Å². The molecule has 1 N–H and O–H groups in total. The summed E-state index contributed by atoms with van der Waals surface area (Å²) in [6, 6.07) is 7.69. The summed E-state index contributed by atoms with van der Waals surface area (Å²) in [6.45, 7) is 2.00. The van der Waals surface area contributed by atoms with E-state index in [1.165, 1.54) is 18.0 Å². The highest BCUT2D eigenvalue weighted by Gasteiger charge is 2.19. The molecule has 0 bridgehead atoms. The Morgan fingerprint density at radius 1 is 1.17 bits per heavy atom. The summed E-state index contributed by atoms with van der Waals surface area (Å²) in [5, 5.41) is 9.19. The molecule has 3 aromatic heterocycles. The number of carbonyl (C=O) groups excluding carboxylic acids is 1. The van der Waals surface area contributed by atoms with E-state index in [0.717, 1.165) is 10.9 Å². The van der Waals surface area contributed by atoms with Crippen LogP contribution in [0.5, 0.6) is 0 Å². The van der Waals surface area contributed by atoms with Crippen molar-refractivity contribution >= 4 is 40.3 Å². The van der Waals surface area contributed by atoms with Crippen molar-refractivity contribution in [1.82, 2.24) is 29.7 Å². The van der Waals surface area contributed by atoms with Crippen LogP contribution in [0.15, 0.2) is 54.2 Å². The van der Waals surface area contributed by atoms with Gasteiger partial charge in [0.05, 0.1) is 18.3 Å². The summed E-state index contributed by atoms with van der Waals surface area (Å²) >= 11 is 1.37. The number of nitrogens with zero attached hydrogens (tertiary/aromatic N) is 6. The molecule has 0 saturated carbocycles. The van der Waals surface area contributed by atoms with Gasteiger partial charge < -0.3 is 10.1 Å². The third-order valence-corrected chi connectivity index (χ3v) is 4.60. The molecule has 10 heteroatoms. The van der Waals surface area contributed by atoms with Crippen LogP contribution in [0.4, 0.5) is 11.6 Å². The molecule has 4 rings (SSSR count). The second kappa shape index (κ2) is 8.23. The van der Waals surface area contributed by atoms with E-state index in [2.05, 4.69) is 30.4 Å². The second-order valence-electron chi connectivity index (χ2n) is 5.81. The lowest BCUT2D eigenvalue weighted by Gasteiger charge is -2.09. The fourth-order valence-electron chi connectivity index (χ4n) is 2.76. The smallest absolute Gasteiger partial charge is 0.343 e. The van der Waals surface area contributed by atoms with Gasteiger partial charge in [-0.1, -0.05) is 23.9 Å². The van der Waals surface area contributed by atoms with E-state index in [1.807, 2.05) is 30.5 Å². The number of benzene rings is 1. The Morgan fingerprint density at radius 2 is 2.03 bits per heavy atom. The second-order valence-corrected chi connectivity index (χ2v) is 6.58. The van der Waals surface area contributed by atoms with E-state index in [1.54, 1.807) is 30.2 Å². The Hall–Kier alpha value is -3.53. The van der Waals surface area contributed by atoms with E-state index in [9.17, 15) is 4.79 Å². The standard InChI is InChI=1S/C19H17N7O2S/c1-3-28-18(27)13-10-22-19(29-2)24-16(13)23-17-12-6-4-5-7-14(12)26(25-17)15-11-20-8-9-21-15/h4-11H,3H2,1-2H3,(H,22,23,24,25). The van der Waals surface area contributed by atoms with Crippen molar-refractivity contribution in [3.63, 3.8) is 0 Å². The van der Waals surface area contributed by atoms with E-state index in [4.69, 9.17) is 4.74 Å². The third kappa shape index (κ3) is 3.74. The quantitative estimate of drug-likeness (QED) is 0.293. The first-order valence-corrected chi connectivity index (χ1v) is 10.0. The topological polar surface area (TPSA) is 108 Å². The number of esters is 1. The Morgan fingerprint density at radius 3 is 2.79 bits per heavy atom. The zero-order valence-corrected chi connectivity index (χ0v) is 16.6. The summed E-state index contributed by atoms with van der Waals surface area (Å²) in [6.07, 6.45) is 8.16. The number of anilines is 2. The highest BCUT2D eigenvalue weighted by atomic mass is 32.2. The van der Waals surface area contributed by atoms with Crippen molar-refractivity contribution in [2.75, 3.05) is 18.2 Å². The normalized spacial score (nSPS) is 10.8. The Kier molecular flexibility index (Phi) is 5.34. The molecule has 1 aromatic carbocycles. The number of ether oxygens (including phenoxy) is 1. The molecule has 0 aliphatic heterocycles. The zero-order valence-electron chi connectivity index (χ0n) is 15.7. The maximum absolute atomic E-state index is 12.4. The minimum Gasteiger partial charge on any atom is -0.462 e. The molecule has 0 aliphatic carbocycles. The van der Waals surface area contributed by atoms with E-state index in [-0.39, 0.29) is 12.2 Å². The van der Waals surface area contributed by atoms with Crippen molar-refractivity contribution in [3.05, 3.63) is 54.6 Å². The van der Waals surface area contributed by atoms with Gasteiger partial charge in [0.2, 0.25) is 0 Å². The van der Waals surface area contributed by atoms with Crippen molar-refractivity contribution < 1.29 is 9.53 Å². The van der Waals surface area contributed by atoms with E-state index in [0.29, 0.717) is 22.6 Å². The average molecular weight is 407 g/mol. The fraction of sp³-hybridized carbons (Fsp3) is 0.158. The molecule has 4 aromatic rings. The van der Waals surface area contributed by atoms with Crippen LogP contribution in [-0.2, 0) is 4.74 Å². The molecule has 0 aliphatic rings. The number of nitrogens with one attached hydrogen (secondary N) is 1. The first-order valence-electron chi connectivity index (χ1n) is 8.80. The number of thioether (sulfide) groups is 1. The number of hydrogen-bond acceptors (Lipinski definition) is 9. The van der Waals surface area contributed by atoms with E-state index >= 15 is 0 Å². The molecule has 9 nitrogen and oxygen atoms in total. The van der Waals surface area contributed by atoms with Gasteiger partial charge in [-0.15, -0.1) is 5.10 Å². The minimum atomic E-state index is -0.500. The molecule has 146 valence electrons. The first kappa shape index (κ1) is 18.8. The van der Waals surface area contributed by atoms with Gasteiger partial charge in [-0.3, -0.25) is 4.98 Å². The predicted octanol–water partition coefficient (Wildman–Crippen LogP) is 3.25. The lowest BCUT2D eigenvalue weighted by Crippen LogP contribution is -2.11. The SMILES string of the molecule is CCOC(=O)c1cnc(SC)nc1Nc1nn(-c2cnccn2)c2ccccc12. The van der Waals surface area contributed by atoms with Gasteiger partial charge in [-0.05, 0) is 25.3 Å². The van der Waals surface area contributed by atoms with Crippen molar-refractivity contribution in [2.45, 2.75) is 12.1 Å². The maximum atomic E-state index is 12.4. The number of para-hydroxylation sites is 1. The lowest BCUT2D eigenvalue weighted by atomic mass is 10.2. The van der Waals surface area contributed by atoms with Gasteiger partial charge in [0.25, 0.3) is 0 Å². The monoisotopic (exact) mass is 407 g/mol. The fourth-order valence-corrected chi connectivity index (χ4v) is 3.10. The third-order valence-electron chi connectivity index (χ3n) is 4.04. The van der Waals surface area contributed by atoms with Crippen LogP contribution >= 0.6 is 11.8 Å². The lowest BCUT2D eigenvalue weighted by molar-refractivity contribution is 0.0526. The van der Waals surface area contributed by atoms with Crippen LogP contribution in [0, 0.1) is 0 Å². The molecule has 3 heterocycles. The maximum Gasteiger partial charge on any atom is 0.343 e. The summed E-state index contributed by atoms with van der Waals surface area (Å²) < 4.78 is 6.82. The molecule has 29 heavy (non-hydrogen) atoms. The largest absolute Gasteiger partial charge is 0.462 e. The summed E-state index contributed by atoms with van der Waals surface area (Å²) in [5.74, 6) is 0.940. The van der Waals surface area contributed by atoms with Crippen LogP contribution in [0.25, 0.3) is 16.7 Å². The average Bonchev–Trinajstić information content (AvgIpc) is 3.13. The highest BCUT2D eigenvalue weighted by molar-refractivity contribution is 7.98. The van der Waals surface area contributed by atoms with Gasteiger partial charge in [-0.2, -0.15) is 0 Å². The molecule has 0 fully saturated rings. The van der Waals surface area contributed by atoms with Crippen LogP contribution in [-0.4, -0.2) is 48.5 Å². The highest BCUT2D eigenvalue weighted by Crippen LogP contribution is 2.28. The van der Waals surface area contributed by atoms with Gasteiger partial charge >= 0.3 is 5.97 Å². The van der Waals surface area contributed by atoms with E-state index < -0.39 is 5.97 Å². The van der Waals surface area contributed by atoms with Crippen LogP contribution < -0.4 is 5.32 Å². The summed E-state index contributed by atoms with van der Waals surface area (Å²) in [4.78, 5) is 29.4. The minimum absolute atomic E-state index is 0.239. The van der Waals surface area contributed by atoms with Crippen molar-refractivity contribution in [1.29, 1.82) is 0 Å². The summed E-state index contributed by atoms with van der Waals surface area (Å²) in [7, 11) is 0. The Bertz CT molecular complexity index is 1160. The molecule has 0 spiro atoms. The molecular weight excluding hydrogens is 390 g/mol. The summed E-state index contributed by atoms with van der Waals surface area (Å²) in [5.41, 5.74) is 1.08. The first-order chi connectivity index (χ1) is 14.2. The van der Waals surface area contributed by atoms with Gasteiger partial charge in [0, 0.05) is 24.0 Å². The number of hydrogen-bond donors (Lipinski definition) is 1. The predicted molar refractivity (Wildman–Crippen MR) is 110 cm³/mol. The molecule has 0 atom stereocenters. The number of carbonyl (C=O) groups is 1. The van der Waals surface area contributed by atoms with Crippen molar-refractivity contribution in [3.8, 4) is 5.82 Å². The van der Waals surface area contributed by atoms with Crippen LogP contribution in [0.1, 0.15) is 17.3 Å². The number of fused-ring (bicyclic) bond motifs is 1. The number of aromatic nitrogens is 6. The molecule has 0 amide bonds. The van der Waals surface area contributed by atoms with Crippen LogP contribution in [0.3, 0.4) is 0 Å². The molecule has 0 radical (unpaired) electrons. The molecule has 0 unspecified atom stereocenters. The zero-order chi connectivity index (χ0) is 20.2. The van der Waals surface area contributed by atoms with Gasteiger partial charge in [0.1, 0.15) is 5.56 Å². The molecule has 0 saturated heterocycles. The molecular formula is C19H17N7O2S. The van der Waals surface area contributed by atoms with Gasteiger partial charge in [-0.25, -0.2) is 24.4 Å². The van der Waals surface area contributed by atoms with Crippen LogP contribution in [0.2, 0.25) is 0 Å².